The van der Waals surface area contributed by atoms with Crippen molar-refractivity contribution >= 4 is 0 Å². The van der Waals surface area contributed by atoms with Gasteiger partial charge in [-0.1, -0.05) is 134 Å². The molecule has 0 saturated carbocycles. The van der Waals surface area contributed by atoms with Gasteiger partial charge in [0.25, 0.3) is 0 Å². The molecule has 4 bridgehead atoms. The van der Waals surface area contributed by atoms with Crippen LogP contribution in [-0.2, 0) is 13.0 Å². The molecule has 40 heavy (non-hydrogen) atoms. The van der Waals surface area contributed by atoms with Gasteiger partial charge < -0.3 is 4.90 Å². The molecule has 3 heterocycles. The number of hydrogen-bond acceptors (Lipinski definition) is 1. The lowest BCUT2D eigenvalue weighted by Gasteiger charge is -2.23. The van der Waals surface area contributed by atoms with Crippen molar-refractivity contribution in [2.75, 3.05) is 13.1 Å². The molecule has 1 aromatic heterocycles. The van der Waals surface area contributed by atoms with Gasteiger partial charge in [0.15, 0.2) is 12.4 Å². The van der Waals surface area contributed by atoms with Gasteiger partial charge in [-0.2, -0.15) is 0 Å². The van der Waals surface area contributed by atoms with Crippen molar-refractivity contribution in [1.82, 2.24) is 4.90 Å². The van der Waals surface area contributed by atoms with Crippen LogP contribution in [-0.4, -0.2) is 18.0 Å². The highest BCUT2D eigenvalue weighted by Gasteiger charge is 2.06. The molecule has 2 heteroatoms. The van der Waals surface area contributed by atoms with E-state index in [1.165, 1.54) is 186 Å². The van der Waals surface area contributed by atoms with Crippen molar-refractivity contribution in [2.45, 2.75) is 173 Å². The number of aromatic nitrogens is 1. The van der Waals surface area contributed by atoms with Crippen LogP contribution in [0.3, 0.4) is 0 Å². The zero-order valence-corrected chi connectivity index (χ0v) is 26.4. The number of allylic oxidation sites excluding steroid dienone is 2. The van der Waals surface area contributed by atoms with E-state index in [9.17, 15) is 0 Å². The predicted octanol–water partition coefficient (Wildman–Crippen LogP) is 11.0. The van der Waals surface area contributed by atoms with Gasteiger partial charge in [-0.3, -0.25) is 0 Å². The first kappa shape index (κ1) is 32.9. The Morgan fingerprint density at radius 1 is 0.525 bits per heavy atom. The minimum Gasteiger partial charge on any atom is -0.373 e. The monoisotopic (exact) mass is 550 g/mol. The first-order valence-electron chi connectivity index (χ1n) is 18.0. The molecule has 0 unspecified atom stereocenters. The van der Waals surface area contributed by atoms with Crippen LogP contribution in [0.2, 0.25) is 0 Å². The summed E-state index contributed by atoms with van der Waals surface area (Å²) < 4.78 is 2.44. The number of hydrogen-bond donors (Lipinski definition) is 0. The van der Waals surface area contributed by atoms with Crippen molar-refractivity contribution in [3.05, 3.63) is 54.0 Å². The van der Waals surface area contributed by atoms with Gasteiger partial charge in [0.2, 0.25) is 0 Å². The molecule has 2 nitrogen and oxygen atoms in total. The zero-order chi connectivity index (χ0) is 27.8. The smallest absolute Gasteiger partial charge is 0.171 e. The van der Waals surface area contributed by atoms with Crippen molar-refractivity contribution < 1.29 is 4.57 Å². The molecule has 1 aromatic rings. The fourth-order valence-electron chi connectivity index (χ4n) is 6.64. The molecule has 0 spiro atoms. The molecule has 0 radical (unpaired) electrons. The van der Waals surface area contributed by atoms with E-state index >= 15 is 0 Å². The quantitative estimate of drug-likeness (QED) is 0.292. The number of fused-ring (bicyclic) bond motifs is 3. The normalized spacial score (nSPS) is 22.1. The number of rotatable bonds is 0. The number of pyridine rings is 1. The van der Waals surface area contributed by atoms with Crippen molar-refractivity contribution in [3.63, 3.8) is 0 Å². The Balaban J connectivity index is 1.31. The second-order valence-electron chi connectivity index (χ2n) is 13.0. The lowest BCUT2D eigenvalue weighted by atomic mass is 10.0. The molecule has 0 amide bonds. The molecule has 0 aromatic carbocycles. The van der Waals surface area contributed by atoms with Crippen LogP contribution >= 0.6 is 0 Å². The molecule has 0 N–H and O–H groups in total. The van der Waals surface area contributed by atoms with E-state index in [-0.39, 0.29) is 0 Å². The van der Waals surface area contributed by atoms with Gasteiger partial charge in [0.1, 0.15) is 6.54 Å². The molecule has 2 aliphatic rings. The Labute approximate surface area is 249 Å². The molecular weight excluding hydrogens is 484 g/mol. The predicted molar refractivity (Wildman–Crippen MR) is 175 cm³/mol. The van der Waals surface area contributed by atoms with Crippen LogP contribution in [0.5, 0.6) is 0 Å². The Bertz CT molecular complexity index is 794. The summed E-state index contributed by atoms with van der Waals surface area (Å²) in [5, 5.41) is 0. The molecule has 226 valence electrons. The third kappa shape index (κ3) is 16.6. The molecule has 0 fully saturated rings. The third-order valence-electron chi connectivity index (χ3n) is 9.23. The standard InChI is InChI=1S/C38H65N2/c1-3-7-11-15-19-23-31-39-33-26-30-38(36-39)28-22-18-14-10-6-2-4-8-12-16-20-24-32-40-34-25-29-37(35-40)27-21-17-13-9-5-1/h25-26,29-30,33,35-36H,1-24,27-28,31-32,34H2/q+1. The maximum absolute atomic E-state index is 2.57. The lowest BCUT2D eigenvalue weighted by molar-refractivity contribution is -0.697. The van der Waals surface area contributed by atoms with E-state index in [0.717, 1.165) is 6.54 Å². The molecule has 0 aliphatic carbocycles. The SMILES string of the molecule is C1=CC2=CN(C1)CCCCCCCCCCCCCCc1ccc[n+](c1)CCCCCCCCCCCCCC2. The maximum atomic E-state index is 2.57. The van der Waals surface area contributed by atoms with Gasteiger partial charge >= 0.3 is 0 Å². The van der Waals surface area contributed by atoms with Crippen molar-refractivity contribution in [3.8, 4) is 0 Å². The minimum atomic E-state index is 1.12. The summed E-state index contributed by atoms with van der Waals surface area (Å²) in [7, 11) is 0. The van der Waals surface area contributed by atoms with Crippen LogP contribution in [0, 0.1) is 0 Å². The van der Waals surface area contributed by atoms with Crippen LogP contribution in [0.25, 0.3) is 0 Å². The zero-order valence-electron chi connectivity index (χ0n) is 26.4. The lowest BCUT2D eigenvalue weighted by Crippen LogP contribution is -2.33. The first-order chi connectivity index (χ1) is 19.9. The molecular formula is C38H65N2+. The Morgan fingerprint density at radius 3 is 1.62 bits per heavy atom. The highest BCUT2D eigenvalue weighted by atomic mass is 15.1. The van der Waals surface area contributed by atoms with Gasteiger partial charge in [-0.05, 0) is 50.2 Å². The van der Waals surface area contributed by atoms with Crippen LogP contribution in [0.15, 0.2) is 48.5 Å². The minimum absolute atomic E-state index is 1.12. The van der Waals surface area contributed by atoms with Gasteiger partial charge in [-0.25, -0.2) is 4.57 Å². The van der Waals surface area contributed by atoms with E-state index in [1.54, 1.807) is 5.57 Å². The number of nitrogens with zero attached hydrogens (tertiary/aromatic N) is 2. The summed E-state index contributed by atoms with van der Waals surface area (Å²) in [6.07, 6.45) is 48.6. The van der Waals surface area contributed by atoms with Crippen molar-refractivity contribution in [2.24, 2.45) is 0 Å². The summed E-state index contributed by atoms with van der Waals surface area (Å²) in [6.45, 7) is 3.56. The van der Waals surface area contributed by atoms with Gasteiger partial charge in [-0.15, -0.1) is 0 Å². The van der Waals surface area contributed by atoms with Gasteiger partial charge in [0.05, 0.1) is 0 Å². The van der Waals surface area contributed by atoms with E-state index in [0.29, 0.717) is 0 Å². The second kappa shape index (κ2) is 23.0. The maximum Gasteiger partial charge on any atom is 0.171 e. The van der Waals surface area contributed by atoms with Crippen molar-refractivity contribution in [1.29, 1.82) is 0 Å². The largest absolute Gasteiger partial charge is 0.373 e. The fraction of sp³-hybridized carbons (Fsp3) is 0.763. The van der Waals surface area contributed by atoms with E-state index in [4.69, 9.17) is 0 Å². The summed E-state index contributed by atoms with van der Waals surface area (Å²) in [5.74, 6) is 0. The average molecular weight is 550 g/mol. The van der Waals surface area contributed by atoms with E-state index < -0.39 is 0 Å². The highest BCUT2D eigenvalue weighted by molar-refractivity contribution is 5.22. The van der Waals surface area contributed by atoms with E-state index in [2.05, 4.69) is 52.3 Å². The van der Waals surface area contributed by atoms with Crippen LogP contribution in [0.1, 0.15) is 166 Å². The molecule has 3 rings (SSSR count). The topological polar surface area (TPSA) is 7.12 Å². The highest BCUT2D eigenvalue weighted by Crippen LogP contribution is 2.19. The summed E-state index contributed by atoms with van der Waals surface area (Å²) in [6, 6.07) is 4.60. The summed E-state index contributed by atoms with van der Waals surface area (Å²) >= 11 is 0. The Hall–Kier alpha value is -1.57. The first-order valence-corrected chi connectivity index (χ1v) is 18.0. The van der Waals surface area contributed by atoms with Gasteiger partial charge in [0, 0.05) is 37.3 Å². The average Bonchev–Trinajstić information content (AvgIpc) is 2.97. The van der Waals surface area contributed by atoms with Crippen LogP contribution in [0.4, 0.5) is 0 Å². The summed E-state index contributed by atoms with van der Waals surface area (Å²) in [5.41, 5.74) is 3.10. The molecule has 0 saturated heterocycles. The van der Waals surface area contributed by atoms with Crippen LogP contribution < -0.4 is 4.57 Å². The Kier molecular flexibility index (Phi) is 19.0. The Morgan fingerprint density at radius 2 is 1.02 bits per heavy atom. The van der Waals surface area contributed by atoms with E-state index in [1.807, 2.05) is 0 Å². The third-order valence-corrected chi connectivity index (χ3v) is 9.23. The second-order valence-corrected chi connectivity index (χ2v) is 13.0. The molecule has 0 atom stereocenters. The fourth-order valence-corrected chi connectivity index (χ4v) is 6.64. The number of aryl methyl sites for hydroxylation is 2. The molecule has 2 aliphatic heterocycles. The summed E-state index contributed by atoms with van der Waals surface area (Å²) in [4.78, 5) is 2.57.